The summed E-state index contributed by atoms with van der Waals surface area (Å²) >= 11 is 0. The summed E-state index contributed by atoms with van der Waals surface area (Å²) in [6, 6.07) is 10.5. The van der Waals surface area contributed by atoms with Crippen LogP contribution in [-0.4, -0.2) is 23.3 Å². The number of nitrogens with one attached hydrogen (secondary N) is 1. The molecule has 0 saturated carbocycles. The minimum absolute atomic E-state index is 0.530. The van der Waals surface area contributed by atoms with Gasteiger partial charge in [0.2, 0.25) is 0 Å². The van der Waals surface area contributed by atoms with Gasteiger partial charge in [-0.2, -0.15) is 0 Å². The minimum Gasteiger partial charge on any atom is -0.354 e. The van der Waals surface area contributed by atoms with Gasteiger partial charge in [-0.15, -0.1) is 0 Å². The number of amidine groups is 1. The van der Waals surface area contributed by atoms with Crippen molar-refractivity contribution in [2.75, 3.05) is 6.54 Å². The van der Waals surface area contributed by atoms with Crippen LogP contribution in [0.5, 0.6) is 0 Å². The maximum atomic E-state index is 8.08. The Kier molecular flexibility index (Phi) is 2.53. The van der Waals surface area contributed by atoms with Gasteiger partial charge >= 0.3 is 0 Å². The molecule has 0 amide bonds. The molecule has 1 aliphatic rings. The Balaban J connectivity index is 2.16. The molecule has 0 spiro atoms. The van der Waals surface area contributed by atoms with Crippen molar-refractivity contribution in [3.63, 3.8) is 0 Å². The molecule has 1 atom stereocenters. The highest BCUT2D eigenvalue weighted by molar-refractivity contribution is 5.96. The predicted octanol–water partition coefficient (Wildman–Crippen LogP) is 2.50. The number of rotatable bonds is 1. The largest absolute Gasteiger partial charge is 0.354 e. The Morgan fingerprint density at radius 3 is 2.64 bits per heavy atom. The quantitative estimate of drug-likeness (QED) is 0.532. The van der Waals surface area contributed by atoms with Crippen molar-refractivity contribution in [3.05, 3.63) is 35.9 Å². The summed E-state index contributed by atoms with van der Waals surface area (Å²) in [6.45, 7) is 3.24. The SMILES string of the molecule is CC1CCCN1C(=N)c1ccccc1. The molecule has 0 bridgehead atoms. The van der Waals surface area contributed by atoms with Gasteiger partial charge in [0.25, 0.3) is 0 Å². The van der Waals surface area contributed by atoms with Crippen LogP contribution in [0.1, 0.15) is 25.3 Å². The second-order valence-corrected chi connectivity index (χ2v) is 3.90. The summed E-state index contributed by atoms with van der Waals surface area (Å²) in [5.74, 6) is 0.676. The van der Waals surface area contributed by atoms with E-state index in [1.54, 1.807) is 0 Å². The summed E-state index contributed by atoms with van der Waals surface area (Å²) < 4.78 is 0. The molecule has 1 N–H and O–H groups in total. The van der Waals surface area contributed by atoms with Gasteiger partial charge < -0.3 is 4.90 Å². The van der Waals surface area contributed by atoms with Gasteiger partial charge in [0.05, 0.1) is 0 Å². The fraction of sp³-hybridized carbons (Fsp3) is 0.417. The van der Waals surface area contributed by atoms with Gasteiger partial charge in [-0.25, -0.2) is 0 Å². The van der Waals surface area contributed by atoms with Crippen LogP contribution in [0.25, 0.3) is 0 Å². The Labute approximate surface area is 85.1 Å². The van der Waals surface area contributed by atoms with E-state index in [9.17, 15) is 0 Å². The van der Waals surface area contributed by atoms with Gasteiger partial charge in [0.15, 0.2) is 0 Å². The summed E-state index contributed by atoms with van der Waals surface area (Å²) in [4.78, 5) is 2.19. The van der Waals surface area contributed by atoms with Crippen LogP contribution < -0.4 is 0 Å². The van der Waals surface area contributed by atoms with Crippen LogP contribution in [0.3, 0.4) is 0 Å². The summed E-state index contributed by atoms with van der Waals surface area (Å²) in [5, 5.41) is 8.08. The van der Waals surface area contributed by atoms with Gasteiger partial charge in [-0.3, -0.25) is 5.41 Å². The van der Waals surface area contributed by atoms with Gasteiger partial charge in [-0.05, 0) is 19.8 Å². The average molecular weight is 188 g/mol. The molecule has 1 aliphatic heterocycles. The topological polar surface area (TPSA) is 27.1 Å². The summed E-state index contributed by atoms with van der Waals surface area (Å²) in [7, 11) is 0. The van der Waals surface area contributed by atoms with E-state index in [2.05, 4.69) is 11.8 Å². The Morgan fingerprint density at radius 2 is 2.07 bits per heavy atom. The molecule has 0 aromatic heterocycles. The highest BCUT2D eigenvalue weighted by Crippen LogP contribution is 2.19. The lowest BCUT2D eigenvalue weighted by atomic mass is 10.2. The first kappa shape index (κ1) is 9.25. The second-order valence-electron chi connectivity index (χ2n) is 3.90. The fourth-order valence-corrected chi connectivity index (χ4v) is 2.03. The lowest BCUT2D eigenvalue weighted by Gasteiger charge is -2.24. The molecule has 74 valence electrons. The molecular formula is C12H16N2. The molecular weight excluding hydrogens is 172 g/mol. The smallest absolute Gasteiger partial charge is 0.128 e. The molecule has 2 nitrogen and oxygen atoms in total. The van der Waals surface area contributed by atoms with Crippen LogP contribution in [0, 0.1) is 5.41 Å². The van der Waals surface area contributed by atoms with E-state index in [1.807, 2.05) is 30.3 Å². The molecule has 2 rings (SSSR count). The number of hydrogen-bond donors (Lipinski definition) is 1. The summed E-state index contributed by atoms with van der Waals surface area (Å²) in [5.41, 5.74) is 1.03. The van der Waals surface area contributed by atoms with Crippen molar-refractivity contribution in [1.29, 1.82) is 5.41 Å². The average Bonchev–Trinajstić information content (AvgIpc) is 2.65. The predicted molar refractivity (Wildman–Crippen MR) is 58.7 cm³/mol. The molecule has 0 aliphatic carbocycles. The highest BCUT2D eigenvalue weighted by Gasteiger charge is 2.22. The zero-order chi connectivity index (χ0) is 9.97. The third-order valence-corrected chi connectivity index (χ3v) is 2.89. The van der Waals surface area contributed by atoms with E-state index < -0.39 is 0 Å². The van der Waals surface area contributed by atoms with Crippen LogP contribution in [0.15, 0.2) is 30.3 Å². The molecule has 1 heterocycles. The third kappa shape index (κ3) is 1.65. The third-order valence-electron chi connectivity index (χ3n) is 2.89. The first-order chi connectivity index (χ1) is 6.79. The molecule has 1 fully saturated rings. The monoisotopic (exact) mass is 188 g/mol. The van der Waals surface area contributed by atoms with E-state index in [4.69, 9.17) is 5.41 Å². The number of hydrogen-bond acceptors (Lipinski definition) is 1. The van der Waals surface area contributed by atoms with Crippen molar-refractivity contribution < 1.29 is 0 Å². The van der Waals surface area contributed by atoms with E-state index in [1.165, 1.54) is 12.8 Å². The molecule has 1 unspecified atom stereocenters. The van der Waals surface area contributed by atoms with Gasteiger partial charge in [0, 0.05) is 18.2 Å². The Hall–Kier alpha value is -1.31. The molecule has 14 heavy (non-hydrogen) atoms. The normalized spacial score (nSPS) is 21.2. The van der Waals surface area contributed by atoms with Crippen molar-refractivity contribution in [3.8, 4) is 0 Å². The maximum absolute atomic E-state index is 8.08. The van der Waals surface area contributed by atoms with E-state index in [0.717, 1.165) is 12.1 Å². The molecule has 2 heteroatoms. The zero-order valence-electron chi connectivity index (χ0n) is 8.53. The number of benzene rings is 1. The minimum atomic E-state index is 0.530. The van der Waals surface area contributed by atoms with Gasteiger partial charge in [-0.1, -0.05) is 30.3 Å². The second kappa shape index (κ2) is 3.82. The first-order valence-corrected chi connectivity index (χ1v) is 5.19. The maximum Gasteiger partial charge on any atom is 0.128 e. The van der Waals surface area contributed by atoms with E-state index in [0.29, 0.717) is 11.9 Å². The van der Waals surface area contributed by atoms with Crippen LogP contribution in [-0.2, 0) is 0 Å². The lowest BCUT2D eigenvalue weighted by Crippen LogP contribution is -2.33. The lowest BCUT2D eigenvalue weighted by molar-refractivity contribution is 0.413. The molecule has 0 radical (unpaired) electrons. The zero-order valence-corrected chi connectivity index (χ0v) is 8.53. The van der Waals surface area contributed by atoms with Crippen molar-refractivity contribution in [2.45, 2.75) is 25.8 Å². The number of nitrogens with zero attached hydrogens (tertiary/aromatic N) is 1. The molecule has 1 saturated heterocycles. The van der Waals surface area contributed by atoms with Crippen LogP contribution in [0.4, 0.5) is 0 Å². The van der Waals surface area contributed by atoms with E-state index in [-0.39, 0.29) is 0 Å². The van der Waals surface area contributed by atoms with Crippen LogP contribution >= 0.6 is 0 Å². The molecule has 1 aromatic rings. The van der Waals surface area contributed by atoms with Gasteiger partial charge in [0.1, 0.15) is 5.84 Å². The highest BCUT2D eigenvalue weighted by atomic mass is 15.2. The molecule has 1 aromatic carbocycles. The van der Waals surface area contributed by atoms with Crippen LogP contribution in [0.2, 0.25) is 0 Å². The standard InChI is InChI=1S/C12H16N2/c1-10-6-5-9-14(10)12(13)11-7-3-2-4-8-11/h2-4,7-8,10,13H,5-6,9H2,1H3. The Morgan fingerprint density at radius 1 is 1.36 bits per heavy atom. The first-order valence-electron chi connectivity index (χ1n) is 5.19. The van der Waals surface area contributed by atoms with Crippen molar-refractivity contribution >= 4 is 5.84 Å². The Bertz CT molecular complexity index is 318. The van der Waals surface area contributed by atoms with E-state index >= 15 is 0 Å². The number of likely N-dealkylation sites (tertiary alicyclic amines) is 1. The van der Waals surface area contributed by atoms with Crippen molar-refractivity contribution in [1.82, 2.24) is 4.90 Å². The van der Waals surface area contributed by atoms with Crippen molar-refractivity contribution in [2.24, 2.45) is 0 Å². The summed E-state index contributed by atoms with van der Waals surface area (Å²) in [6.07, 6.45) is 2.44. The fourth-order valence-electron chi connectivity index (χ4n) is 2.03.